The van der Waals surface area contributed by atoms with E-state index in [1.54, 1.807) is 25.1 Å². The summed E-state index contributed by atoms with van der Waals surface area (Å²) in [7, 11) is -3.56. The number of halogens is 2. The van der Waals surface area contributed by atoms with Crippen LogP contribution in [0.3, 0.4) is 0 Å². The molecule has 1 aliphatic heterocycles. The van der Waals surface area contributed by atoms with Gasteiger partial charge < -0.3 is 5.32 Å². The van der Waals surface area contributed by atoms with E-state index in [0.29, 0.717) is 25.2 Å². The van der Waals surface area contributed by atoms with Crippen LogP contribution in [0.1, 0.15) is 39.0 Å². The monoisotopic (exact) mass is 404 g/mol. The third-order valence-corrected chi connectivity index (χ3v) is 8.05. The number of carbonyl (C=O) groups is 1. The maximum absolute atomic E-state index is 12.9. The molecule has 2 fully saturated rings. The molecule has 0 radical (unpaired) electrons. The predicted octanol–water partition coefficient (Wildman–Crippen LogP) is 3.77. The van der Waals surface area contributed by atoms with Gasteiger partial charge in [-0.3, -0.25) is 4.79 Å². The molecule has 8 heteroatoms. The normalized spacial score (nSPS) is 26.7. The zero-order valence-corrected chi connectivity index (χ0v) is 16.4. The molecule has 1 saturated heterocycles. The maximum Gasteiger partial charge on any atom is 0.243 e. The predicted molar refractivity (Wildman–Crippen MR) is 99.5 cm³/mol. The summed E-state index contributed by atoms with van der Waals surface area (Å²) in [6, 6.07) is 6.34. The molecule has 1 saturated carbocycles. The summed E-state index contributed by atoms with van der Waals surface area (Å²) < 4.78 is 26.2. The Balaban J connectivity index is 1.78. The molecule has 1 aromatic carbocycles. The van der Waals surface area contributed by atoms with Gasteiger partial charge in [0, 0.05) is 18.8 Å². The molecule has 138 valence electrons. The fourth-order valence-corrected chi connectivity index (χ4v) is 5.35. The molecule has 1 atom stereocenters. The summed E-state index contributed by atoms with van der Waals surface area (Å²) in [5, 5.41) is 2.74. The smallest absolute Gasteiger partial charge is 0.243 e. The Hall–Kier alpha value is -0.820. The number of alkyl halides is 2. The van der Waals surface area contributed by atoms with E-state index in [0.717, 1.165) is 25.7 Å². The third-order valence-electron chi connectivity index (χ3n) is 5.05. The topological polar surface area (TPSA) is 66.5 Å². The van der Waals surface area contributed by atoms with E-state index >= 15 is 0 Å². The van der Waals surface area contributed by atoms with Crippen LogP contribution < -0.4 is 5.32 Å². The summed E-state index contributed by atoms with van der Waals surface area (Å²) in [6.07, 6.45) is 4.24. The lowest BCUT2D eigenvalue weighted by Crippen LogP contribution is -2.32. The zero-order valence-electron chi connectivity index (χ0n) is 14.1. The Bertz CT molecular complexity index is 774. The van der Waals surface area contributed by atoms with Crippen LogP contribution in [0.25, 0.3) is 0 Å². The number of benzene rings is 1. The molecule has 1 amide bonds. The van der Waals surface area contributed by atoms with E-state index in [1.807, 2.05) is 0 Å². The van der Waals surface area contributed by atoms with Crippen LogP contribution in [0.4, 0.5) is 5.69 Å². The molecule has 0 bridgehead atoms. The van der Waals surface area contributed by atoms with Crippen molar-refractivity contribution in [1.82, 2.24) is 4.31 Å². The summed E-state index contributed by atoms with van der Waals surface area (Å²) >= 11 is 12.1. The van der Waals surface area contributed by atoms with Crippen LogP contribution in [-0.2, 0) is 14.8 Å². The number of hydrogen-bond donors (Lipinski definition) is 1. The van der Waals surface area contributed by atoms with Crippen molar-refractivity contribution < 1.29 is 13.2 Å². The number of anilines is 1. The van der Waals surface area contributed by atoms with E-state index in [-0.39, 0.29) is 10.8 Å². The quantitative estimate of drug-likeness (QED) is 0.776. The van der Waals surface area contributed by atoms with E-state index in [1.165, 1.54) is 10.4 Å². The van der Waals surface area contributed by atoms with Gasteiger partial charge in [0.25, 0.3) is 0 Å². The lowest BCUT2D eigenvalue weighted by atomic mass is 10.1. The van der Waals surface area contributed by atoms with Gasteiger partial charge in [-0.25, -0.2) is 8.42 Å². The highest BCUT2D eigenvalue weighted by Gasteiger charge is 2.67. The second-order valence-corrected chi connectivity index (χ2v) is 10.4. The molecular formula is C17H22Cl2N2O3S. The van der Waals surface area contributed by atoms with Gasteiger partial charge in [-0.15, -0.1) is 23.2 Å². The van der Waals surface area contributed by atoms with Crippen molar-refractivity contribution in [2.24, 2.45) is 5.41 Å². The zero-order chi connectivity index (χ0) is 18.3. The van der Waals surface area contributed by atoms with Gasteiger partial charge in [-0.05, 0) is 44.4 Å². The summed E-state index contributed by atoms with van der Waals surface area (Å²) in [5.74, 6) is -0.304. The molecule has 0 spiro atoms. The number of carbonyl (C=O) groups excluding carboxylic acids is 1. The molecule has 1 N–H and O–H groups in total. The van der Waals surface area contributed by atoms with Crippen LogP contribution in [0, 0.1) is 5.41 Å². The minimum Gasteiger partial charge on any atom is -0.325 e. The standard InChI is InChI=1S/C17H22Cl2N2O3S/c1-16(12-17(16,18)19)15(22)20-13-7-6-8-14(11-13)25(23,24)21-9-4-2-3-5-10-21/h6-8,11H,2-5,9-10,12H2,1H3,(H,20,22). The first-order valence-corrected chi connectivity index (χ1v) is 10.7. The highest BCUT2D eigenvalue weighted by Crippen LogP contribution is 2.64. The Morgan fingerprint density at radius 3 is 2.32 bits per heavy atom. The minimum absolute atomic E-state index is 0.191. The second kappa shape index (κ2) is 6.72. The fraction of sp³-hybridized carbons (Fsp3) is 0.588. The van der Waals surface area contributed by atoms with Gasteiger partial charge in [0.15, 0.2) is 0 Å². The molecule has 1 unspecified atom stereocenters. The van der Waals surface area contributed by atoms with Crippen molar-refractivity contribution in [2.45, 2.75) is 48.3 Å². The molecule has 0 aromatic heterocycles. The molecular weight excluding hydrogens is 383 g/mol. The van der Waals surface area contributed by atoms with Crippen molar-refractivity contribution >= 4 is 44.8 Å². The van der Waals surface area contributed by atoms with Crippen molar-refractivity contribution in [3.05, 3.63) is 24.3 Å². The average Bonchev–Trinajstić information content (AvgIpc) is 3.19. The van der Waals surface area contributed by atoms with Crippen molar-refractivity contribution in [3.8, 4) is 0 Å². The molecule has 25 heavy (non-hydrogen) atoms. The first-order chi connectivity index (χ1) is 11.7. The van der Waals surface area contributed by atoms with Crippen LogP contribution >= 0.6 is 23.2 Å². The Labute approximate surface area is 158 Å². The second-order valence-electron chi connectivity index (χ2n) is 7.01. The van der Waals surface area contributed by atoms with Crippen molar-refractivity contribution in [3.63, 3.8) is 0 Å². The van der Waals surface area contributed by atoms with Crippen LogP contribution in [0.2, 0.25) is 0 Å². The fourth-order valence-electron chi connectivity index (χ4n) is 3.08. The summed E-state index contributed by atoms with van der Waals surface area (Å²) in [5.41, 5.74) is -0.423. The lowest BCUT2D eigenvalue weighted by Gasteiger charge is -2.20. The van der Waals surface area contributed by atoms with Crippen molar-refractivity contribution in [2.75, 3.05) is 18.4 Å². The number of nitrogens with one attached hydrogen (secondary N) is 1. The number of hydrogen-bond acceptors (Lipinski definition) is 3. The van der Waals surface area contributed by atoms with Gasteiger partial charge >= 0.3 is 0 Å². The highest BCUT2D eigenvalue weighted by molar-refractivity contribution is 7.89. The maximum atomic E-state index is 12.9. The number of amides is 1. The first kappa shape index (κ1) is 19.0. The molecule has 2 aliphatic rings. The van der Waals surface area contributed by atoms with E-state index in [2.05, 4.69) is 5.32 Å². The van der Waals surface area contributed by atoms with Crippen LogP contribution in [0.5, 0.6) is 0 Å². The van der Waals surface area contributed by atoms with Crippen LogP contribution in [-0.4, -0.2) is 36.1 Å². The molecule has 1 aliphatic carbocycles. The number of sulfonamides is 1. The molecule has 1 aromatic rings. The SMILES string of the molecule is CC1(C(=O)Nc2cccc(S(=O)(=O)N3CCCCCC3)c2)CC1(Cl)Cl. The lowest BCUT2D eigenvalue weighted by molar-refractivity contribution is -0.120. The van der Waals surface area contributed by atoms with Gasteiger partial charge in [0.05, 0.1) is 10.3 Å². The number of rotatable bonds is 4. The average molecular weight is 405 g/mol. The van der Waals surface area contributed by atoms with Gasteiger partial charge in [-0.1, -0.05) is 18.9 Å². The number of nitrogens with zero attached hydrogens (tertiary/aromatic N) is 1. The van der Waals surface area contributed by atoms with Crippen molar-refractivity contribution in [1.29, 1.82) is 0 Å². The molecule has 3 rings (SSSR count). The van der Waals surface area contributed by atoms with Gasteiger partial charge in [-0.2, -0.15) is 4.31 Å². The Morgan fingerprint density at radius 2 is 1.76 bits per heavy atom. The summed E-state index contributed by atoms with van der Waals surface area (Å²) in [6.45, 7) is 2.77. The van der Waals surface area contributed by atoms with Gasteiger partial charge in [0.2, 0.25) is 15.9 Å². The van der Waals surface area contributed by atoms with Gasteiger partial charge in [0.1, 0.15) is 4.33 Å². The Morgan fingerprint density at radius 1 is 1.16 bits per heavy atom. The first-order valence-electron chi connectivity index (χ1n) is 8.46. The van der Waals surface area contributed by atoms with E-state index in [4.69, 9.17) is 23.2 Å². The summed E-state index contributed by atoms with van der Waals surface area (Å²) in [4.78, 5) is 12.6. The molecule has 1 heterocycles. The molecule has 5 nitrogen and oxygen atoms in total. The van der Waals surface area contributed by atoms with Crippen LogP contribution in [0.15, 0.2) is 29.2 Å². The Kier molecular flexibility index (Phi) is 5.10. The highest BCUT2D eigenvalue weighted by atomic mass is 35.5. The third kappa shape index (κ3) is 3.68. The minimum atomic E-state index is -3.56. The largest absolute Gasteiger partial charge is 0.325 e. The van der Waals surface area contributed by atoms with E-state index in [9.17, 15) is 13.2 Å². The van der Waals surface area contributed by atoms with E-state index < -0.39 is 19.8 Å².